The Labute approximate surface area is 188 Å². The second-order valence-electron chi connectivity index (χ2n) is 8.01. The van der Waals surface area contributed by atoms with E-state index in [2.05, 4.69) is 21.9 Å². The number of ketones is 1. The predicted octanol–water partition coefficient (Wildman–Crippen LogP) is 6.21. The topological polar surface area (TPSA) is 76.0 Å². The Kier molecular flexibility index (Phi) is 6.85. The van der Waals surface area contributed by atoms with Gasteiger partial charge in [0.05, 0.1) is 0 Å². The average Bonchev–Trinajstić information content (AvgIpc) is 2.82. The molecule has 3 aromatic rings. The summed E-state index contributed by atoms with van der Waals surface area (Å²) >= 11 is 0. The highest BCUT2D eigenvalue weighted by atomic mass is 16.3. The first-order chi connectivity index (χ1) is 15.7. The van der Waals surface area contributed by atoms with E-state index in [1.807, 2.05) is 60.7 Å². The normalized spacial score (nSPS) is 15.9. The van der Waals surface area contributed by atoms with Crippen molar-refractivity contribution < 1.29 is 9.90 Å². The number of rotatable bonds is 8. The Morgan fingerprint density at radius 3 is 1.91 bits per heavy atom. The van der Waals surface area contributed by atoms with Crippen molar-refractivity contribution in [3.8, 4) is 22.8 Å². The van der Waals surface area contributed by atoms with Crippen LogP contribution in [0.1, 0.15) is 50.8 Å². The number of hydrogen-bond acceptors (Lipinski definition) is 5. The maximum Gasteiger partial charge on any atom is 0.174 e. The van der Waals surface area contributed by atoms with E-state index in [-0.39, 0.29) is 17.4 Å². The zero-order valence-electron chi connectivity index (χ0n) is 18.2. The molecular weight excluding hydrogens is 398 g/mol. The van der Waals surface area contributed by atoms with Gasteiger partial charge >= 0.3 is 0 Å². The fourth-order valence-corrected chi connectivity index (χ4v) is 3.84. The van der Waals surface area contributed by atoms with Crippen molar-refractivity contribution in [2.45, 2.75) is 44.9 Å². The first-order valence-electron chi connectivity index (χ1n) is 11.2. The molecule has 0 bridgehead atoms. The minimum absolute atomic E-state index is 0.00721. The van der Waals surface area contributed by atoms with Gasteiger partial charge in [-0.05, 0) is 30.6 Å². The lowest BCUT2D eigenvalue weighted by Crippen LogP contribution is -2.20. The quantitative estimate of drug-likeness (QED) is 0.434. The summed E-state index contributed by atoms with van der Waals surface area (Å²) in [6.07, 6.45) is 8.57. The summed E-state index contributed by atoms with van der Waals surface area (Å²) in [6.45, 7) is 2.17. The van der Waals surface area contributed by atoms with Crippen LogP contribution in [0.2, 0.25) is 0 Å². The Bertz CT molecular complexity index is 1080. The van der Waals surface area contributed by atoms with Crippen LogP contribution in [0.4, 0.5) is 0 Å². The number of aromatic nitrogens is 3. The number of nitrogens with zero attached hydrogens (tertiary/aromatic N) is 3. The van der Waals surface area contributed by atoms with Gasteiger partial charge in [-0.2, -0.15) is 0 Å². The van der Waals surface area contributed by atoms with Crippen molar-refractivity contribution in [3.63, 3.8) is 0 Å². The van der Waals surface area contributed by atoms with Crippen LogP contribution in [0.5, 0.6) is 0 Å². The second kappa shape index (κ2) is 10.1. The molecule has 0 saturated carbocycles. The highest BCUT2D eigenvalue weighted by molar-refractivity contribution is 5.99. The van der Waals surface area contributed by atoms with E-state index in [9.17, 15) is 9.90 Å². The van der Waals surface area contributed by atoms with E-state index in [4.69, 9.17) is 0 Å². The number of allylic oxidation sites excluding steroid dienone is 4. The minimum Gasteiger partial charge on any atom is -0.511 e. The summed E-state index contributed by atoms with van der Waals surface area (Å²) in [4.78, 5) is 26.8. The van der Waals surface area contributed by atoms with Gasteiger partial charge in [0.15, 0.2) is 23.3 Å². The van der Waals surface area contributed by atoms with Gasteiger partial charge < -0.3 is 5.11 Å². The molecule has 162 valence electrons. The minimum atomic E-state index is -0.915. The molecule has 0 fully saturated rings. The van der Waals surface area contributed by atoms with Crippen LogP contribution >= 0.6 is 0 Å². The lowest BCUT2D eigenvalue weighted by Gasteiger charge is -2.19. The van der Waals surface area contributed by atoms with Gasteiger partial charge in [-0.1, -0.05) is 86.8 Å². The van der Waals surface area contributed by atoms with Crippen LogP contribution in [0.15, 0.2) is 84.1 Å². The molecule has 2 aromatic carbocycles. The number of aliphatic hydroxyl groups is 1. The average molecular weight is 426 g/mol. The Balaban J connectivity index is 1.69. The molecule has 0 spiro atoms. The van der Waals surface area contributed by atoms with Crippen LogP contribution in [-0.2, 0) is 4.79 Å². The number of carbonyl (C=O) groups excluding carboxylic acids is 1. The molecule has 1 atom stereocenters. The van der Waals surface area contributed by atoms with Crippen LogP contribution in [0, 0.1) is 0 Å². The SMILES string of the molecule is CCCCCCC1=CC(=O)C(c2nc(-c3ccccc3)nc(-c3ccccc3)n2)C(O)=C1. The molecule has 1 unspecified atom stereocenters. The van der Waals surface area contributed by atoms with Gasteiger partial charge in [0.1, 0.15) is 11.7 Å². The van der Waals surface area contributed by atoms with E-state index in [0.717, 1.165) is 42.4 Å². The first-order valence-corrected chi connectivity index (χ1v) is 11.2. The van der Waals surface area contributed by atoms with E-state index in [0.29, 0.717) is 11.6 Å². The summed E-state index contributed by atoms with van der Waals surface area (Å²) in [5, 5.41) is 10.8. The molecule has 4 rings (SSSR count). The first kappa shape index (κ1) is 21.6. The molecule has 1 heterocycles. The summed E-state index contributed by atoms with van der Waals surface area (Å²) in [5.41, 5.74) is 2.51. The smallest absolute Gasteiger partial charge is 0.174 e. The van der Waals surface area contributed by atoms with Crippen molar-refractivity contribution in [1.29, 1.82) is 0 Å². The van der Waals surface area contributed by atoms with Crippen LogP contribution in [0.3, 0.4) is 0 Å². The fourth-order valence-electron chi connectivity index (χ4n) is 3.84. The summed E-state index contributed by atoms with van der Waals surface area (Å²) in [5.74, 6) is 0.0979. The molecule has 5 heteroatoms. The predicted molar refractivity (Wildman–Crippen MR) is 126 cm³/mol. The molecule has 5 nitrogen and oxygen atoms in total. The third-order valence-electron chi connectivity index (χ3n) is 5.54. The van der Waals surface area contributed by atoms with Gasteiger partial charge in [0.2, 0.25) is 0 Å². The van der Waals surface area contributed by atoms with Crippen molar-refractivity contribution >= 4 is 5.78 Å². The zero-order chi connectivity index (χ0) is 22.3. The van der Waals surface area contributed by atoms with Gasteiger partial charge in [-0.15, -0.1) is 0 Å². The van der Waals surface area contributed by atoms with Gasteiger partial charge in [-0.25, -0.2) is 15.0 Å². The van der Waals surface area contributed by atoms with Gasteiger partial charge in [0, 0.05) is 11.1 Å². The summed E-state index contributed by atoms with van der Waals surface area (Å²) in [7, 11) is 0. The number of unbranched alkanes of at least 4 members (excludes halogenated alkanes) is 3. The van der Waals surface area contributed by atoms with E-state index >= 15 is 0 Å². The van der Waals surface area contributed by atoms with Gasteiger partial charge in [-0.3, -0.25) is 4.79 Å². The number of hydrogen-bond donors (Lipinski definition) is 1. The number of carbonyl (C=O) groups is 1. The molecule has 0 saturated heterocycles. The Morgan fingerprint density at radius 2 is 1.38 bits per heavy atom. The van der Waals surface area contributed by atoms with Crippen molar-refractivity contribution in [1.82, 2.24) is 15.0 Å². The third kappa shape index (κ3) is 4.99. The molecule has 0 aliphatic heterocycles. The lowest BCUT2D eigenvalue weighted by atomic mass is 9.90. The lowest BCUT2D eigenvalue weighted by molar-refractivity contribution is -0.116. The summed E-state index contributed by atoms with van der Waals surface area (Å²) < 4.78 is 0. The molecule has 32 heavy (non-hydrogen) atoms. The van der Waals surface area contributed by atoms with E-state index in [1.165, 1.54) is 6.42 Å². The fraction of sp³-hybridized carbons (Fsp3) is 0.259. The Morgan fingerprint density at radius 1 is 0.781 bits per heavy atom. The van der Waals surface area contributed by atoms with Crippen molar-refractivity contribution in [2.75, 3.05) is 0 Å². The monoisotopic (exact) mass is 425 g/mol. The van der Waals surface area contributed by atoms with E-state index in [1.54, 1.807) is 12.2 Å². The molecule has 0 radical (unpaired) electrons. The van der Waals surface area contributed by atoms with Crippen molar-refractivity contribution in [2.24, 2.45) is 0 Å². The molecule has 1 aliphatic carbocycles. The summed E-state index contributed by atoms with van der Waals surface area (Å²) in [6, 6.07) is 19.2. The number of benzene rings is 2. The molecule has 0 amide bonds. The Hall–Kier alpha value is -3.60. The maximum absolute atomic E-state index is 13.0. The number of aliphatic hydroxyl groups excluding tert-OH is 1. The molecule has 1 N–H and O–H groups in total. The molecule has 1 aliphatic rings. The van der Waals surface area contributed by atoms with E-state index < -0.39 is 5.92 Å². The second-order valence-corrected chi connectivity index (χ2v) is 8.01. The zero-order valence-corrected chi connectivity index (χ0v) is 18.2. The van der Waals surface area contributed by atoms with Crippen LogP contribution in [-0.4, -0.2) is 25.8 Å². The van der Waals surface area contributed by atoms with Crippen LogP contribution < -0.4 is 0 Å². The third-order valence-corrected chi connectivity index (χ3v) is 5.54. The molecular formula is C27H27N3O2. The highest BCUT2D eigenvalue weighted by Gasteiger charge is 2.31. The van der Waals surface area contributed by atoms with Crippen molar-refractivity contribution in [3.05, 3.63) is 90.0 Å². The van der Waals surface area contributed by atoms with Gasteiger partial charge in [0.25, 0.3) is 0 Å². The highest BCUT2D eigenvalue weighted by Crippen LogP contribution is 2.31. The standard InChI is InChI=1S/C27H27N3O2/c1-2-3-4-7-12-19-17-22(31)24(23(32)18-19)27-29-25(20-13-8-5-9-14-20)28-26(30-27)21-15-10-6-11-16-21/h5-6,8-11,13-18,24,31H,2-4,7,12H2,1H3. The maximum atomic E-state index is 13.0. The molecule has 1 aromatic heterocycles. The van der Waals surface area contributed by atoms with Crippen LogP contribution in [0.25, 0.3) is 22.8 Å². The largest absolute Gasteiger partial charge is 0.511 e.